The third-order valence-corrected chi connectivity index (χ3v) is 5.39. The second-order valence-electron chi connectivity index (χ2n) is 6.31. The topological polar surface area (TPSA) is 65.7 Å². The van der Waals surface area contributed by atoms with Crippen LogP contribution in [0.25, 0.3) is 22.3 Å². The van der Waals surface area contributed by atoms with Crippen molar-refractivity contribution in [3.63, 3.8) is 0 Å². The highest BCUT2D eigenvalue weighted by Crippen LogP contribution is 2.38. The molecule has 3 heterocycles. The van der Waals surface area contributed by atoms with Gasteiger partial charge in [-0.05, 0) is 36.0 Å². The lowest BCUT2D eigenvalue weighted by atomic mass is 10.2. The summed E-state index contributed by atoms with van der Waals surface area (Å²) in [5.74, 6) is 0.589. The number of hydrogen-bond acceptors (Lipinski definition) is 6. The van der Waals surface area contributed by atoms with Crippen molar-refractivity contribution in [1.82, 2.24) is 24.7 Å². The second kappa shape index (κ2) is 8.41. The van der Waals surface area contributed by atoms with E-state index in [-0.39, 0.29) is 5.52 Å². The molecule has 30 heavy (non-hydrogen) atoms. The number of para-hydroxylation sites is 1. The molecule has 6 nitrogen and oxygen atoms in total. The van der Waals surface area contributed by atoms with Gasteiger partial charge in [0, 0.05) is 35.3 Å². The lowest BCUT2D eigenvalue weighted by molar-refractivity contribution is -0.141. The molecule has 0 fully saturated rings. The van der Waals surface area contributed by atoms with Crippen molar-refractivity contribution in [2.45, 2.75) is 22.8 Å². The minimum absolute atomic E-state index is 0.270. The van der Waals surface area contributed by atoms with Gasteiger partial charge < -0.3 is 4.74 Å². The molecule has 0 unspecified atom stereocenters. The van der Waals surface area contributed by atoms with Crippen LogP contribution in [-0.4, -0.2) is 38.4 Å². The predicted octanol–water partition coefficient (Wildman–Crippen LogP) is 4.70. The van der Waals surface area contributed by atoms with Crippen LogP contribution in [0, 0.1) is 0 Å². The highest BCUT2D eigenvalue weighted by molar-refractivity contribution is 7.99. The zero-order valence-electron chi connectivity index (χ0n) is 15.8. The number of pyridine rings is 2. The molecular formula is C20H16F3N5OS. The Morgan fingerprint density at radius 2 is 1.83 bits per heavy atom. The number of ether oxygens (including phenoxy) is 1. The number of aromatic nitrogens is 5. The van der Waals surface area contributed by atoms with Crippen LogP contribution < -0.4 is 0 Å². The molecule has 0 saturated carbocycles. The van der Waals surface area contributed by atoms with Crippen molar-refractivity contribution in [3.8, 4) is 11.4 Å². The molecule has 0 N–H and O–H groups in total. The summed E-state index contributed by atoms with van der Waals surface area (Å²) < 4.78 is 47.1. The van der Waals surface area contributed by atoms with Crippen LogP contribution in [0.15, 0.2) is 64.9 Å². The number of hydrogen-bond donors (Lipinski definition) is 0. The van der Waals surface area contributed by atoms with Crippen LogP contribution in [0.2, 0.25) is 0 Å². The average molecular weight is 431 g/mol. The zero-order chi connectivity index (χ0) is 21.1. The Morgan fingerprint density at radius 1 is 1.07 bits per heavy atom. The van der Waals surface area contributed by atoms with Gasteiger partial charge in [-0.25, -0.2) is 4.98 Å². The van der Waals surface area contributed by atoms with Crippen LogP contribution in [0.1, 0.15) is 5.69 Å². The van der Waals surface area contributed by atoms with E-state index in [4.69, 9.17) is 4.74 Å². The van der Waals surface area contributed by atoms with E-state index in [1.165, 1.54) is 0 Å². The van der Waals surface area contributed by atoms with Crippen LogP contribution in [0.5, 0.6) is 0 Å². The molecule has 3 aromatic heterocycles. The summed E-state index contributed by atoms with van der Waals surface area (Å²) >= 11 is 1.12. The third kappa shape index (κ3) is 4.14. The van der Waals surface area contributed by atoms with E-state index in [9.17, 15) is 13.2 Å². The lowest BCUT2D eigenvalue weighted by Gasteiger charge is -2.13. The molecule has 0 amide bonds. The Kier molecular flexibility index (Phi) is 5.69. The normalized spacial score (nSPS) is 11.9. The Morgan fingerprint density at radius 3 is 2.57 bits per heavy atom. The van der Waals surface area contributed by atoms with E-state index in [0.29, 0.717) is 34.4 Å². The molecule has 0 bridgehead atoms. The SMILES string of the molecule is COCCn1c(Sc2cc(C(F)(F)F)nc3ccccc23)nnc1-c1ccncc1. The van der Waals surface area contributed by atoms with E-state index < -0.39 is 11.9 Å². The minimum Gasteiger partial charge on any atom is -0.383 e. The summed E-state index contributed by atoms with van der Waals surface area (Å²) in [6, 6.07) is 11.4. The fourth-order valence-corrected chi connectivity index (χ4v) is 3.95. The fourth-order valence-electron chi connectivity index (χ4n) is 2.93. The number of methoxy groups -OCH3 is 1. The van der Waals surface area contributed by atoms with Gasteiger partial charge >= 0.3 is 6.18 Å². The molecule has 0 saturated heterocycles. The van der Waals surface area contributed by atoms with Gasteiger partial charge in [0.1, 0.15) is 5.69 Å². The number of rotatable bonds is 6. The van der Waals surface area contributed by atoms with Gasteiger partial charge in [-0.2, -0.15) is 13.2 Å². The first-order chi connectivity index (χ1) is 14.5. The molecule has 0 spiro atoms. The van der Waals surface area contributed by atoms with Gasteiger partial charge in [-0.15, -0.1) is 10.2 Å². The van der Waals surface area contributed by atoms with Gasteiger partial charge in [0.25, 0.3) is 0 Å². The van der Waals surface area contributed by atoms with Crippen LogP contribution in [0.4, 0.5) is 13.2 Å². The van der Waals surface area contributed by atoms with E-state index in [2.05, 4.69) is 20.2 Å². The molecule has 0 aliphatic heterocycles. The predicted molar refractivity (Wildman–Crippen MR) is 106 cm³/mol. The zero-order valence-corrected chi connectivity index (χ0v) is 16.6. The standard InChI is InChI=1S/C20H16F3N5OS/c1-29-11-10-28-18(13-6-8-24-9-7-13)26-27-19(28)30-16-12-17(20(21,22)23)25-15-5-3-2-4-14(15)16/h2-9,12H,10-11H2,1H3. The highest BCUT2D eigenvalue weighted by Gasteiger charge is 2.33. The van der Waals surface area contributed by atoms with Crippen molar-refractivity contribution in [1.29, 1.82) is 0 Å². The number of nitrogens with zero attached hydrogens (tertiary/aromatic N) is 5. The van der Waals surface area contributed by atoms with Crippen molar-refractivity contribution in [2.24, 2.45) is 0 Å². The van der Waals surface area contributed by atoms with Gasteiger partial charge in [0.05, 0.1) is 18.7 Å². The quantitative estimate of drug-likeness (QED) is 0.441. The Hall–Kier alpha value is -2.98. The van der Waals surface area contributed by atoms with E-state index in [1.807, 2.05) is 4.57 Å². The summed E-state index contributed by atoms with van der Waals surface area (Å²) in [6.07, 6.45) is -1.27. The summed E-state index contributed by atoms with van der Waals surface area (Å²) in [5, 5.41) is 9.57. The lowest BCUT2D eigenvalue weighted by Crippen LogP contribution is -2.09. The molecule has 10 heteroatoms. The van der Waals surface area contributed by atoms with Crippen molar-refractivity contribution < 1.29 is 17.9 Å². The summed E-state index contributed by atoms with van der Waals surface area (Å²) in [7, 11) is 1.58. The van der Waals surface area contributed by atoms with Gasteiger partial charge in [0.15, 0.2) is 11.0 Å². The van der Waals surface area contributed by atoms with Gasteiger partial charge in [-0.1, -0.05) is 18.2 Å². The first-order valence-electron chi connectivity index (χ1n) is 8.95. The van der Waals surface area contributed by atoms with Crippen molar-refractivity contribution in [2.75, 3.05) is 13.7 Å². The molecule has 154 valence electrons. The molecule has 0 aliphatic carbocycles. The Balaban J connectivity index is 1.81. The van der Waals surface area contributed by atoms with Crippen LogP contribution >= 0.6 is 11.8 Å². The molecule has 1 aromatic carbocycles. The molecular weight excluding hydrogens is 415 g/mol. The maximum absolute atomic E-state index is 13.4. The fraction of sp³-hybridized carbons (Fsp3) is 0.200. The van der Waals surface area contributed by atoms with Gasteiger partial charge in [-0.3, -0.25) is 9.55 Å². The van der Waals surface area contributed by atoms with Crippen LogP contribution in [0.3, 0.4) is 0 Å². The molecule has 0 aliphatic rings. The first kappa shape index (κ1) is 20.3. The number of benzene rings is 1. The molecule has 0 radical (unpaired) electrons. The maximum Gasteiger partial charge on any atom is 0.433 e. The summed E-state index contributed by atoms with van der Waals surface area (Å²) in [6.45, 7) is 0.840. The molecule has 4 aromatic rings. The van der Waals surface area contributed by atoms with Crippen LogP contribution in [-0.2, 0) is 17.5 Å². The van der Waals surface area contributed by atoms with E-state index in [0.717, 1.165) is 23.4 Å². The summed E-state index contributed by atoms with van der Waals surface area (Å²) in [4.78, 5) is 8.17. The maximum atomic E-state index is 13.4. The molecule has 0 atom stereocenters. The van der Waals surface area contributed by atoms with E-state index >= 15 is 0 Å². The van der Waals surface area contributed by atoms with Crippen molar-refractivity contribution in [3.05, 3.63) is 60.6 Å². The monoisotopic (exact) mass is 431 g/mol. The van der Waals surface area contributed by atoms with Crippen molar-refractivity contribution >= 4 is 22.7 Å². The summed E-state index contributed by atoms with van der Waals surface area (Å²) in [5.41, 5.74) is 0.129. The number of fused-ring (bicyclic) bond motifs is 1. The largest absolute Gasteiger partial charge is 0.433 e. The van der Waals surface area contributed by atoms with E-state index in [1.54, 1.807) is 55.9 Å². The average Bonchev–Trinajstić information content (AvgIpc) is 3.14. The Labute approximate surface area is 174 Å². The second-order valence-corrected chi connectivity index (χ2v) is 7.32. The van der Waals surface area contributed by atoms with Gasteiger partial charge in [0.2, 0.25) is 0 Å². The smallest absolute Gasteiger partial charge is 0.383 e. The number of alkyl halides is 3. The minimum atomic E-state index is -4.55. The third-order valence-electron chi connectivity index (χ3n) is 4.34. The highest BCUT2D eigenvalue weighted by atomic mass is 32.2. The molecule has 4 rings (SSSR count). The number of halogens is 3. The first-order valence-corrected chi connectivity index (χ1v) is 9.76. The Bertz CT molecular complexity index is 1160.